The third kappa shape index (κ3) is 5.12. The zero-order chi connectivity index (χ0) is 22.2. The number of hydrogen-bond donors (Lipinski definition) is 1. The van der Waals surface area contributed by atoms with Crippen molar-refractivity contribution in [3.8, 4) is 0 Å². The van der Waals surface area contributed by atoms with Gasteiger partial charge >= 0.3 is 6.18 Å². The van der Waals surface area contributed by atoms with Gasteiger partial charge in [0.05, 0.1) is 23.3 Å². The highest BCUT2D eigenvalue weighted by molar-refractivity contribution is 9.10. The molecule has 2 heterocycles. The Kier molecular flexibility index (Phi) is 5.82. The van der Waals surface area contributed by atoms with E-state index in [9.17, 15) is 22.4 Å². The molecule has 31 heavy (non-hydrogen) atoms. The molecule has 1 aromatic carbocycles. The van der Waals surface area contributed by atoms with Gasteiger partial charge < -0.3 is 0 Å². The minimum Gasteiger partial charge on any atom is -0.293 e. The summed E-state index contributed by atoms with van der Waals surface area (Å²) >= 11 is 3.03. The summed E-state index contributed by atoms with van der Waals surface area (Å²) in [4.78, 5) is 16.3. The molecule has 1 aliphatic rings. The van der Waals surface area contributed by atoms with Gasteiger partial charge in [0.25, 0.3) is 0 Å². The molecule has 4 rings (SSSR count). The molecule has 1 fully saturated rings. The van der Waals surface area contributed by atoms with Crippen LogP contribution in [0.1, 0.15) is 42.1 Å². The van der Waals surface area contributed by atoms with Crippen molar-refractivity contribution in [2.24, 2.45) is 0 Å². The number of hydrogen-bond acceptors (Lipinski definition) is 4. The van der Waals surface area contributed by atoms with Crippen LogP contribution in [0, 0.1) is 5.82 Å². The molecule has 0 atom stereocenters. The first-order valence-electron chi connectivity index (χ1n) is 9.48. The molecular weight excluding hydrogens is 484 g/mol. The number of nitrogens with zero attached hydrogens (tertiary/aromatic N) is 5. The molecule has 2 aromatic heterocycles. The minimum atomic E-state index is -4.57. The zero-order valence-corrected chi connectivity index (χ0v) is 17.6. The SMILES string of the molecule is O=C(CCn1nc(C(F)(F)F)c(Br)c1C1CC1)Nc1ncn(Cc2ccc(F)cc2)n1. The van der Waals surface area contributed by atoms with Crippen LogP contribution in [0.2, 0.25) is 0 Å². The van der Waals surface area contributed by atoms with Gasteiger partial charge in [-0.05, 0) is 46.5 Å². The fourth-order valence-electron chi connectivity index (χ4n) is 3.15. The maximum Gasteiger partial charge on any atom is 0.436 e. The lowest BCUT2D eigenvalue weighted by Crippen LogP contribution is -2.17. The lowest BCUT2D eigenvalue weighted by atomic mass is 10.2. The number of halogens is 5. The second kappa shape index (κ2) is 8.40. The third-order valence-electron chi connectivity index (χ3n) is 4.76. The van der Waals surface area contributed by atoms with Gasteiger partial charge in [0, 0.05) is 12.3 Å². The van der Waals surface area contributed by atoms with E-state index < -0.39 is 17.8 Å². The third-order valence-corrected chi connectivity index (χ3v) is 5.54. The first-order valence-corrected chi connectivity index (χ1v) is 10.3. The van der Waals surface area contributed by atoms with Crippen LogP contribution in [-0.4, -0.2) is 30.5 Å². The van der Waals surface area contributed by atoms with E-state index in [0.717, 1.165) is 18.4 Å². The molecule has 7 nitrogen and oxygen atoms in total. The van der Waals surface area contributed by atoms with Gasteiger partial charge in [0.15, 0.2) is 5.69 Å². The predicted octanol–water partition coefficient (Wildman–Crippen LogP) is 4.35. The van der Waals surface area contributed by atoms with Crippen LogP contribution in [0.15, 0.2) is 35.1 Å². The second-order valence-corrected chi connectivity index (χ2v) is 8.03. The number of benzene rings is 1. The van der Waals surface area contributed by atoms with Gasteiger partial charge in [-0.3, -0.25) is 14.8 Å². The number of anilines is 1. The Balaban J connectivity index is 1.37. The largest absolute Gasteiger partial charge is 0.436 e. The number of nitrogens with one attached hydrogen (secondary N) is 1. The molecule has 12 heteroatoms. The van der Waals surface area contributed by atoms with Crippen molar-refractivity contribution in [3.05, 3.63) is 57.8 Å². The summed E-state index contributed by atoms with van der Waals surface area (Å²) in [5, 5.41) is 10.3. The molecule has 1 N–H and O–H groups in total. The van der Waals surface area contributed by atoms with Crippen molar-refractivity contribution in [2.75, 3.05) is 5.32 Å². The van der Waals surface area contributed by atoms with Crippen LogP contribution in [0.25, 0.3) is 0 Å². The first-order chi connectivity index (χ1) is 14.7. The standard InChI is InChI=1S/C19H17BrF4N6O/c20-15-16(12-3-4-12)30(27-17(15)19(22,23)24)8-7-14(31)26-18-25-10-29(28-18)9-11-1-5-13(21)6-2-11/h1-2,5-6,10,12H,3-4,7-9H2,(H,26,28,31). The summed E-state index contributed by atoms with van der Waals surface area (Å²) in [6, 6.07) is 5.90. The Hall–Kier alpha value is -2.76. The summed E-state index contributed by atoms with van der Waals surface area (Å²) in [6.45, 7) is 0.345. The fraction of sp³-hybridized carbons (Fsp3) is 0.368. The molecule has 0 unspecified atom stereocenters. The van der Waals surface area contributed by atoms with Gasteiger partial charge in [0.1, 0.15) is 12.1 Å². The van der Waals surface area contributed by atoms with Crippen molar-refractivity contribution < 1.29 is 22.4 Å². The Morgan fingerprint density at radius 2 is 1.90 bits per heavy atom. The maximum atomic E-state index is 13.2. The Morgan fingerprint density at radius 1 is 1.19 bits per heavy atom. The van der Waals surface area contributed by atoms with Crippen molar-refractivity contribution in [1.29, 1.82) is 0 Å². The number of aryl methyl sites for hydroxylation is 1. The highest BCUT2D eigenvalue weighted by atomic mass is 79.9. The smallest absolute Gasteiger partial charge is 0.293 e. The topological polar surface area (TPSA) is 77.6 Å². The summed E-state index contributed by atoms with van der Waals surface area (Å²) in [6.07, 6.45) is -1.65. The second-order valence-electron chi connectivity index (χ2n) is 7.23. The quantitative estimate of drug-likeness (QED) is 0.489. The minimum absolute atomic E-state index is 0.00261. The van der Waals surface area contributed by atoms with Crippen LogP contribution < -0.4 is 5.32 Å². The number of aromatic nitrogens is 5. The van der Waals surface area contributed by atoms with E-state index in [1.54, 1.807) is 12.1 Å². The highest BCUT2D eigenvalue weighted by Crippen LogP contribution is 2.47. The normalized spacial score (nSPS) is 14.1. The van der Waals surface area contributed by atoms with E-state index >= 15 is 0 Å². The van der Waals surface area contributed by atoms with E-state index in [1.165, 1.54) is 27.8 Å². The number of alkyl halides is 3. The van der Waals surface area contributed by atoms with Crippen LogP contribution in [0.3, 0.4) is 0 Å². The van der Waals surface area contributed by atoms with Crippen LogP contribution >= 0.6 is 15.9 Å². The molecular formula is C19H17BrF4N6O. The van der Waals surface area contributed by atoms with Crippen LogP contribution in [-0.2, 0) is 24.1 Å². The van der Waals surface area contributed by atoms with Crippen molar-refractivity contribution >= 4 is 27.8 Å². The molecule has 3 aromatic rings. The highest BCUT2D eigenvalue weighted by Gasteiger charge is 2.41. The Bertz CT molecular complexity index is 1090. The fourth-order valence-corrected chi connectivity index (χ4v) is 3.98. The van der Waals surface area contributed by atoms with E-state index in [2.05, 4.69) is 36.4 Å². The maximum absolute atomic E-state index is 13.2. The molecule has 0 bridgehead atoms. The van der Waals surface area contributed by atoms with Gasteiger partial charge in [-0.25, -0.2) is 14.1 Å². The monoisotopic (exact) mass is 500 g/mol. The Labute approximate surface area is 182 Å². The van der Waals surface area contributed by atoms with Gasteiger partial charge in [-0.2, -0.15) is 18.3 Å². The molecule has 0 saturated heterocycles. The lowest BCUT2D eigenvalue weighted by molar-refractivity contribution is -0.142. The molecule has 1 amide bonds. The number of rotatable bonds is 7. The predicted molar refractivity (Wildman–Crippen MR) is 106 cm³/mol. The van der Waals surface area contributed by atoms with Crippen LogP contribution in [0.4, 0.5) is 23.5 Å². The van der Waals surface area contributed by atoms with E-state index in [1.807, 2.05) is 0 Å². The average molecular weight is 501 g/mol. The van der Waals surface area contributed by atoms with Gasteiger partial charge in [0.2, 0.25) is 11.9 Å². The summed E-state index contributed by atoms with van der Waals surface area (Å²) in [7, 11) is 0. The molecule has 0 radical (unpaired) electrons. The average Bonchev–Trinajstić information content (AvgIpc) is 3.34. The van der Waals surface area contributed by atoms with Crippen LogP contribution in [0.5, 0.6) is 0 Å². The van der Waals surface area contributed by atoms with Crippen molar-refractivity contribution in [3.63, 3.8) is 0 Å². The Morgan fingerprint density at radius 3 is 2.55 bits per heavy atom. The molecule has 0 aliphatic heterocycles. The number of carbonyl (C=O) groups excluding carboxylic acids is 1. The summed E-state index contributed by atoms with van der Waals surface area (Å²) in [5.41, 5.74) is 0.305. The summed E-state index contributed by atoms with van der Waals surface area (Å²) < 4.78 is 55.2. The van der Waals surface area contributed by atoms with E-state index in [0.29, 0.717) is 12.2 Å². The first kappa shape index (κ1) is 21.5. The number of amides is 1. The molecule has 164 valence electrons. The van der Waals surface area contributed by atoms with E-state index in [-0.39, 0.29) is 35.1 Å². The van der Waals surface area contributed by atoms with Crippen molar-refractivity contribution in [1.82, 2.24) is 24.5 Å². The van der Waals surface area contributed by atoms with E-state index in [4.69, 9.17) is 0 Å². The van der Waals surface area contributed by atoms with Gasteiger partial charge in [-0.1, -0.05) is 12.1 Å². The summed E-state index contributed by atoms with van der Waals surface area (Å²) in [5.74, 6) is -0.690. The molecule has 1 aliphatic carbocycles. The van der Waals surface area contributed by atoms with Crippen molar-refractivity contribution in [2.45, 2.75) is 44.4 Å². The van der Waals surface area contributed by atoms with Gasteiger partial charge in [-0.15, -0.1) is 5.10 Å². The molecule has 0 spiro atoms. The molecule has 1 saturated carbocycles. The lowest BCUT2D eigenvalue weighted by Gasteiger charge is -2.06. The zero-order valence-electron chi connectivity index (χ0n) is 16.0. The number of carbonyl (C=O) groups is 1.